The number of carbonyl (C=O) groups is 3. The number of rotatable bonds is 3. The van der Waals surface area contributed by atoms with Gasteiger partial charge in [-0.2, -0.15) is 0 Å². The zero-order chi connectivity index (χ0) is 13.1. The van der Waals surface area contributed by atoms with Crippen LogP contribution in [0.15, 0.2) is 41.5 Å². The van der Waals surface area contributed by atoms with Gasteiger partial charge in [-0.3, -0.25) is 9.59 Å². The highest BCUT2D eigenvalue weighted by molar-refractivity contribution is 7.10. The minimum atomic E-state index is -1.46. The molecular formula is C12H8O5S. The lowest BCUT2D eigenvalue weighted by atomic mass is 10.1. The van der Waals surface area contributed by atoms with Gasteiger partial charge in [-0.05, 0) is 23.6 Å². The number of aliphatic hydroxyl groups excluding tert-OH is 1. The van der Waals surface area contributed by atoms with Crippen LogP contribution in [0, 0.1) is 0 Å². The first-order chi connectivity index (χ1) is 8.58. The van der Waals surface area contributed by atoms with E-state index in [1.54, 1.807) is 17.5 Å². The van der Waals surface area contributed by atoms with E-state index in [9.17, 15) is 19.5 Å². The molecule has 1 unspecified atom stereocenters. The summed E-state index contributed by atoms with van der Waals surface area (Å²) in [5.41, 5.74) is 0. The van der Waals surface area contributed by atoms with Crippen molar-refractivity contribution in [1.29, 1.82) is 0 Å². The minimum Gasteiger partial charge on any atom is -0.420 e. The summed E-state index contributed by atoms with van der Waals surface area (Å²) in [4.78, 5) is 34.3. The Hall–Kier alpha value is -2.05. The molecule has 5 nitrogen and oxygen atoms in total. The smallest absolute Gasteiger partial charge is 0.346 e. The van der Waals surface area contributed by atoms with Crippen molar-refractivity contribution < 1.29 is 24.2 Å². The standard InChI is InChI=1S/C12H8O5S/c13-7-3-4-8(14)9(6-7)17-12(16)11(15)10-2-1-5-18-10/h1-6,11,15H. The van der Waals surface area contributed by atoms with Crippen LogP contribution in [0.5, 0.6) is 0 Å². The Bertz CT molecular complexity index is 553. The molecule has 0 aromatic carbocycles. The van der Waals surface area contributed by atoms with Gasteiger partial charge in [-0.1, -0.05) is 6.07 Å². The molecule has 1 atom stereocenters. The van der Waals surface area contributed by atoms with Gasteiger partial charge in [-0.25, -0.2) is 4.79 Å². The molecule has 0 fully saturated rings. The molecular weight excluding hydrogens is 256 g/mol. The highest BCUT2D eigenvalue weighted by atomic mass is 32.1. The molecule has 18 heavy (non-hydrogen) atoms. The molecule has 6 heteroatoms. The molecule has 0 amide bonds. The number of thiophene rings is 1. The number of allylic oxidation sites excluding steroid dienone is 3. The largest absolute Gasteiger partial charge is 0.420 e. The normalized spacial score (nSPS) is 16.4. The lowest BCUT2D eigenvalue weighted by Gasteiger charge is -2.11. The second kappa shape index (κ2) is 5.07. The van der Waals surface area contributed by atoms with Crippen molar-refractivity contribution in [3.8, 4) is 0 Å². The van der Waals surface area contributed by atoms with Gasteiger partial charge in [0.15, 0.2) is 17.6 Å². The van der Waals surface area contributed by atoms with E-state index in [2.05, 4.69) is 0 Å². The molecule has 1 aliphatic carbocycles. The van der Waals surface area contributed by atoms with E-state index in [4.69, 9.17) is 4.74 Å². The molecule has 1 heterocycles. The Kier molecular flexibility index (Phi) is 3.50. The maximum Gasteiger partial charge on any atom is 0.346 e. The van der Waals surface area contributed by atoms with Gasteiger partial charge in [0.1, 0.15) is 0 Å². The number of hydrogen-bond donors (Lipinski definition) is 1. The third kappa shape index (κ3) is 2.61. The predicted octanol–water partition coefficient (Wildman–Crippen LogP) is 0.917. The van der Waals surface area contributed by atoms with Crippen LogP contribution in [0.3, 0.4) is 0 Å². The highest BCUT2D eigenvalue weighted by Crippen LogP contribution is 2.21. The second-order valence-corrected chi connectivity index (χ2v) is 4.43. The average Bonchev–Trinajstić information content (AvgIpc) is 2.86. The number of ether oxygens (including phenoxy) is 1. The molecule has 1 aromatic heterocycles. The van der Waals surface area contributed by atoms with Crippen LogP contribution in [0.1, 0.15) is 11.0 Å². The topological polar surface area (TPSA) is 80.7 Å². The van der Waals surface area contributed by atoms with Gasteiger partial charge in [-0.15, -0.1) is 11.3 Å². The molecule has 1 aromatic rings. The van der Waals surface area contributed by atoms with Gasteiger partial charge in [0.25, 0.3) is 0 Å². The number of aliphatic hydroxyl groups is 1. The summed E-state index contributed by atoms with van der Waals surface area (Å²) in [6, 6.07) is 3.24. The first-order valence-electron chi connectivity index (χ1n) is 4.99. The molecule has 1 N–H and O–H groups in total. The quantitative estimate of drug-likeness (QED) is 0.648. The van der Waals surface area contributed by atoms with Crippen LogP contribution in [0.2, 0.25) is 0 Å². The van der Waals surface area contributed by atoms with E-state index in [0.29, 0.717) is 4.88 Å². The Morgan fingerprint density at radius 3 is 2.78 bits per heavy atom. The number of esters is 1. The van der Waals surface area contributed by atoms with Gasteiger partial charge in [0, 0.05) is 11.0 Å². The number of carbonyl (C=O) groups excluding carboxylic acids is 3. The van der Waals surface area contributed by atoms with E-state index in [0.717, 1.165) is 18.2 Å². The van der Waals surface area contributed by atoms with Gasteiger partial charge >= 0.3 is 5.97 Å². The lowest BCUT2D eigenvalue weighted by Crippen LogP contribution is -2.19. The Morgan fingerprint density at radius 1 is 1.33 bits per heavy atom. The van der Waals surface area contributed by atoms with E-state index >= 15 is 0 Å². The SMILES string of the molecule is O=C1C=CC(=O)C(OC(=O)C(O)c2cccs2)=C1. The summed E-state index contributed by atoms with van der Waals surface area (Å²) in [5, 5.41) is 11.4. The molecule has 0 saturated carbocycles. The summed E-state index contributed by atoms with van der Waals surface area (Å²) in [6.45, 7) is 0. The Balaban J connectivity index is 2.08. The summed E-state index contributed by atoms with van der Waals surface area (Å²) in [6.07, 6.45) is 1.55. The summed E-state index contributed by atoms with van der Waals surface area (Å²) >= 11 is 1.19. The van der Waals surface area contributed by atoms with Gasteiger partial charge in [0.05, 0.1) is 0 Å². The molecule has 0 aliphatic heterocycles. The van der Waals surface area contributed by atoms with Gasteiger partial charge < -0.3 is 9.84 Å². The van der Waals surface area contributed by atoms with Crippen molar-refractivity contribution in [2.45, 2.75) is 6.10 Å². The van der Waals surface area contributed by atoms with Crippen molar-refractivity contribution in [1.82, 2.24) is 0 Å². The van der Waals surface area contributed by atoms with Crippen LogP contribution >= 0.6 is 11.3 Å². The zero-order valence-electron chi connectivity index (χ0n) is 9.03. The first kappa shape index (κ1) is 12.4. The van der Waals surface area contributed by atoms with E-state index in [1.165, 1.54) is 11.3 Å². The monoisotopic (exact) mass is 264 g/mol. The number of ketones is 2. The van der Waals surface area contributed by atoms with E-state index in [1.807, 2.05) is 0 Å². The third-order valence-electron chi connectivity index (χ3n) is 2.16. The van der Waals surface area contributed by atoms with Crippen LogP contribution in [-0.4, -0.2) is 22.6 Å². The van der Waals surface area contributed by atoms with Crippen molar-refractivity contribution in [2.24, 2.45) is 0 Å². The summed E-state index contributed by atoms with van der Waals surface area (Å²) in [7, 11) is 0. The van der Waals surface area contributed by atoms with Crippen molar-refractivity contribution in [3.63, 3.8) is 0 Å². The van der Waals surface area contributed by atoms with Crippen LogP contribution < -0.4 is 0 Å². The Labute approximate surface area is 106 Å². The van der Waals surface area contributed by atoms with Crippen LogP contribution in [-0.2, 0) is 19.1 Å². The Morgan fingerprint density at radius 2 is 2.11 bits per heavy atom. The van der Waals surface area contributed by atoms with Crippen molar-refractivity contribution in [3.05, 3.63) is 46.4 Å². The third-order valence-corrected chi connectivity index (χ3v) is 3.09. The second-order valence-electron chi connectivity index (χ2n) is 3.45. The zero-order valence-corrected chi connectivity index (χ0v) is 9.85. The first-order valence-corrected chi connectivity index (χ1v) is 5.87. The fourth-order valence-corrected chi connectivity index (χ4v) is 1.99. The van der Waals surface area contributed by atoms with Gasteiger partial charge in [0.2, 0.25) is 5.78 Å². The molecule has 1 aliphatic rings. The van der Waals surface area contributed by atoms with Crippen LogP contribution in [0.25, 0.3) is 0 Å². The highest BCUT2D eigenvalue weighted by Gasteiger charge is 2.24. The molecule has 0 radical (unpaired) electrons. The minimum absolute atomic E-state index is 0.372. The molecule has 0 spiro atoms. The maximum atomic E-state index is 11.6. The molecule has 0 bridgehead atoms. The molecule has 2 rings (SSSR count). The fraction of sp³-hybridized carbons (Fsp3) is 0.0833. The van der Waals surface area contributed by atoms with Crippen molar-refractivity contribution in [2.75, 3.05) is 0 Å². The maximum absolute atomic E-state index is 11.6. The van der Waals surface area contributed by atoms with E-state index in [-0.39, 0.29) is 5.76 Å². The van der Waals surface area contributed by atoms with Crippen LogP contribution in [0.4, 0.5) is 0 Å². The summed E-state index contributed by atoms with van der Waals surface area (Å²) in [5.74, 6) is -2.38. The summed E-state index contributed by atoms with van der Waals surface area (Å²) < 4.78 is 4.72. The van der Waals surface area contributed by atoms with Crippen molar-refractivity contribution >= 4 is 28.9 Å². The molecule has 92 valence electrons. The number of hydrogen-bond acceptors (Lipinski definition) is 6. The fourth-order valence-electron chi connectivity index (χ4n) is 1.30. The molecule has 0 saturated heterocycles. The predicted molar refractivity (Wildman–Crippen MR) is 62.6 cm³/mol. The lowest BCUT2D eigenvalue weighted by molar-refractivity contribution is -0.151. The average molecular weight is 264 g/mol. The van der Waals surface area contributed by atoms with E-state index < -0.39 is 23.6 Å².